The molecule has 1 aromatic heterocycles. The van der Waals surface area contributed by atoms with Gasteiger partial charge in [0.15, 0.2) is 17.2 Å². The minimum Gasteiger partial charge on any atom is -0.385 e. The van der Waals surface area contributed by atoms with Crippen molar-refractivity contribution in [3.8, 4) is 12.1 Å². The van der Waals surface area contributed by atoms with E-state index in [0.29, 0.717) is 0 Å². The van der Waals surface area contributed by atoms with Crippen molar-refractivity contribution in [2.45, 2.75) is 5.92 Å². The Morgan fingerprint density at radius 1 is 0.889 bits per heavy atom. The first-order valence-electron chi connectivity index (χ1n) is 4.72. The molecule has 9 nitrogen and oxygen atoms in total. The third kappa shape index (κ3) is 1.56. The maximum Gasteiger partial charge on any atom is 0.184 e. The summed E-state index contributed by atoms with van der Waals surface area (Å²) in [7, 11) is 0. The van der Waals surface area contributed by atoms with E-state index in [2.05, 4.69) is 20.2 Å². The van der Waals surface area contributed by atoms with E-state index in [9.17, 15) is 0 Å². The topological polar surface area (TPSA) is 176 Å². The number of nitriles is 2. The van der Waals surface area contributed by atoms with Crippen LogP contribution in [0.1, 0.15) is 23.0 Å². The van der Waals surface area contributed by atoms with Gasteiger partial charge in [-0.3, -0.25) is 0 Å². The molecule has 0 saturated heterocycles. The molecular weight excluding hydrogens is 234 g/mol. The van der Waals surface area contributed by atoms with Gasteiger partial charge in [-0.25, -0.2) is 9.97 Å². The van der Waals surface area contributed by atoms with Crippen LogP contribution in [-0.4, -0.2) is 21.6 Å². The fourth-order valence-electron chi connectivity index (χ4n) is 1.49. The number of anilines is 1. The molecule has 0 bridgehead atoms. The summed E-state index contributed by atoms with van der Waals surface area (Å²) in [5.41, 5.74) is 16.7. The van der Waals surface area contributed by atoms with Crippen LogP contribution < -0.4 is 17.2 Å². The standard InChI is InChI=1S/C9H7N9/c10-1-3-6(5-8(13)17-18-9(5)14)16-7(12)4(2-11)15-3/h5H,(H2,12,16)(H2,13,17)(H2,14,18). The number of nitrogens with zero attached hydrogens (tertiary/aromatic N) is 6. The Kier molecular flexibility index (Phi) is 2.50. The minimum atomic E-state index is -0.734. The highest BCUT2D eigenvalue weighted by Gasteiger charge is 2.30. The highest BCUT2D eigenvalue weighted by Crippen LogP contribution is 2.22. The van der Waals surface area contributed by atoms with Gasteiger partial charge in [0.25, 0.3) is 0 Å². The summed E-state index contributed by atoms with van der Waals surface area (Å²) in [4.78, 5) is 7.74. The van der Waals surface area contributed by atoms with E-state index in [-0.39, 0.29) is 34.6 Å². The van der Waals surface area contributed by atoms with E-state index >= 15 is 0 Å². The second-order valence-electron chi connectivity index (χ2n) is 3.40. The lowest BCUT2D eigenvalue weighted by Crippen LogP contribution is -2.31. The molecule has 0 unspecified atom stereocenters. The van der Waals surface area contributed by atoms with Gasteiger partial charge in [0.05, 0.1) is 5.69 Å². The van der Waals surface area contributed by atoms with E-state index < -0.39 is 5.92 Å². The van der Waals surface area contributed by atoms with Crippen LogP contribution in [0.15, 0.2) is 10.2 Å². The summed E-state index contributed by atoms with van der Waals surface area (Å²) in [6, 6.07) is 3.55. The van der Waals surface area contributed by atoms with Crippen LogP contribution in [0.5, 0.6) is 0 Å². The van der Waals surface area contributed by atoms with Crippen LogP contribution in [0.4, 0.5) is 5.82 Å². The highest BCUT2D eigenvalue weighted by atomic mass is 15.3. The summed E-state index contributed by atoms with van der Waals surface area (Å²) in [5, 5.41) is 25.0. The van der Waals surface area contributed by atoms with Gasteiger partial charge in [-0.2, -0.15) is 10.5 Å². The number of aromatic nitrogens is 2. The summed E-state index contributed by atoms with van der Waals surface area (Å²) in [6.07, 6.45) is 0. The molecule has 1 aliphatic heterocycles. The third-order valence-electron chi connectivity index (χ3n) is 2.31. The van der Waals surface area contributed by atoms with Crippen molar-refractivity contribution in [3.63, 3.8) is 0 Å². The van der Waals surface area contributed by atoms with Crippen molar-refractivity contribution in [2.75, 3.05) is 5.73 Å². The SMILES string of the molecule is N#Cc1nc(C#N)c(C2C(N)=NN=C2N)nc1N. The van der Waals surface area contributed by atoms with Crippen molar-refractivity contribution in [1.29, 1.82) is 10.5 Å². The molecule has 9 heteroatoms. The van der Waals surface area contributed by atoms with Crippen molar-refractivity contribution in [1.82, 2.24) is 9.97 Å². The lowest BCUT2D eigenvalue weighted by atomic mass is 10.0. The number of nitrogens with two attached hydrogens (primary N) is 3. The first-order valence-corrected chi connectivity index (χ1v) is 4.72. The third-order valence-corrected chi connectivity index (χ3v) is 2.31. The number of hydrogen-bond acceptors (Lipinski definition) is 9. The summed E-state index contributed by atoms with van der Waals surface area (Å²) >= 11 is 0. The molecule has 0 amide bonds. The molecule has 0 spiro atoms. The van der Waals surface area contributed by atoms with E-state index in [1.54, 1.807) is 6.07 Å². The lowest BCUT2D eigenvalue weighted by molar-refractivity contribution is 1.00. The van der Waals surface area contributed by atoms with Crippen molar-refractivity contribution in [3.05, 3.63) is 17.1 Å². The monoisotopic (exact) mass is 241 g/mol. The smallest absolute Gasteiger partial charge is 0.184 e. The fraction of sp³-hybridized carbons (Fsp3) is 0.111. The first-order chi connectivity index (χ1) is 8.58. The fourth-order valence-corrected chi connectivity index (χ4v) is 1.49. The molecule has 0 atom stereocenters. The van der Waals surface area contributed by atoms with Crippen LogP contribution in [0, 0.1) is 22.7 Å². The minimum absolute atomic E-state index is 0.0797. The number of hydrogen-bond donors (Lipinski definition) is 3. The average Bonchev–Trinajstić information content (AvgIpc) is 2.68. The van der Waals surface area contributed by atoms with Crippen molar-refractivity contribution >= 4 is 17.5 Å². The van der Waals surface area contributed by atoms with Crippen molar-refractivity contribution in [2.24, 2.45) is 21.7 Å². The summed E-state index contributed by atoms with van der Waals surface area (Å²) in [6.45, 7) is 0. The molecule has 0 aromatic carbocycles. The van der Waals surface area contributed by atoms with E-state index in [1.165, 1.54) is 0 Å². The van der Waals surface area contributed by atoms with Crippen LogP contribution in [0.3, 0.4) is 0 Å². The van der Waals surface area contributed by atoms with Gasteiger partial charge in [0.1, 0.15) is 29.7 Å². The first kappa shape index (κ1) is 11.3. The van der Waals surface area contributed by atoms with Gasteiger partial charge >= 0.3 is 0 Å². The normalized spacial score (nSPS) is 14.6. The Bertz CT molecular complexity index is 640. The predicted octanol–water partition coefficient (Wildman–Crippen LogP) is -1.47. The maximum atomic E-state index is 9.00. The van der Waals surface area contributed by atoms with Gasteiger partial charge in [-0.15, -0.1) is 10.2 Å². The van der Waals surface area contributed by atoms with E-state index in [4.69, 9.17) is 27.7 Å². The van der Waals surface area contributed by atoms with Gasteiger partial charge in [0.2, 0.25) is 0 Å². The van der Waals surface area contributed by atoms with Gasteiger partial charge < -0.3 is 17.2 Å². The van der Waals surface area contributed by atoms with Crippen molar-refractivity contribution < 1.29 is 0 Å². The Hall–Kier alpha value is -3.20. The lowest BCUT2D eigenvalue weighted by Gasteiger charge is -2.11. The second-order valence-corrected chi connectivity index (χ2v) is 3.40. The molecule has 2 heterocycles. The van der Waals surface area contributed by atoms with Crippen LogP contribution in [0.2, 0.25) is 0 Å². The highest BCUT2D eigenvalue weighted by molar-refractivity contribution is 6.11. The molecular formula is C9H7N9. The molecule has 1 aliphatic rings. The van der Waals surface area contributed by atoms with E-state index in [0.717, 1.165) is 0 Å². The second kappa shape index (κ2) is 3.99. The Morgan fingerprint density at radius 3 is 1.94 bits per heavy atom. The predicted molar refractivity (Wildman–Crippen MR) is 61.9 cm³/mol. The molecule has 1 aromatic rings. The van der Waals surface area contributed by atoms with Crippen LogP contribution in [0.25, 0.3) is 0 Å². The Labute approximate surface area is 101 Å². The number of nitrogen functional groups attached to an aromatic ring is 1. The maximum absolute atomic E-state index is 9.00. The molecule has 88 valence electrons. The van der Waals surface area contributed by atoms with Crippen LogP contribution >= 0.6 is 0 Å². The number of rotatable bonds is 1. The molecule has 0 aliphatic carbocycles. The van der Waals surface area contributed by atoms with Crippen LogP contribution in [-0.2, 0) is 0 Å². The Balaban J connectivity index is 2.63. The van der Waals surface area contributed by atoms with Gasteiger partial charge in [-0.05, 0) is 0 Å². The molecule has 18 heavy (non-hydrogen) atoms. The summed E-state index contributed by atoms with van der Waals surface area (Å²) in [5.74, 6) is -0.633. The molecule has 0 saturated carbocycles. The summed E-state index contributed by atoms with van der Waals surface area (Å²) < 4.78 is 0. The average molecular weight is 241 g/mol. The molecule has 0 radical (unpaired) electrons. The molecule has 2 rings (SSSR count). The largest absolute Gasteiger partial charge is 0.385 e. The van der Waals surface area contributed by atoms with Gasteiger partial charge in [0, 0.05) is 0 Å². The zero-order chi connectivity index (χ0) is 13.3. The number of amidine groups is 2. The zero-order valence-electron chi connectivity index (χ0n) is 8.99. The van der Waals surface area contributed by atoms with Gasteiger partial charge in [-0.1, -0.05) is 0 Å². The zero-order valence-corrected chi connectivity index (χ0v) is 8.99. The Morgan fingerprint density at radius 2 is 1.44 bits per heavy atom. The molecule has 0 fully saturated rings. The molecule has 6 N–H and O–H groups in total. The van der Waals surface area contributed by atoms with E-state index in [1.807, 2.05) is 6.07 Å². The quantitative estimate of drug-likeness (QED) is 0.537.